The van der Waals surface area contributed by atoms with E-state index in [2.05, 4.69) is 162 Å². The van der Waals surface area contributed by atoms with Gasteiger partial charge in [-0.25, -0.2) is 9.97 Å². The van der Waals surface area contributed by atoms with Gasteiger partial charge in [0.2, 0.25) is 0 Å². The quantitative estimate of drug-likeness (QED) is 0.172. The molecule has 7 aromatic carbocycles. The first-order valence-electron chi connectivity index (χ1n) is 19.2. The molecule has 1 aliphatic carbocycles. The number of allylic oxidation sites excluding steroid dienone is 4. The molecule has 0 aliphatic heterocycles. The highest BCUT2D eigenvalue weighted by atomic mass is 16.3. The topological polar surface area (TPSA) is 43.9 Å². The number of aromatic nitrogens is 3. The standard InChI is InChI=1S/C52H35N3O/c1-5-17-34(18-6-1)43-31-38(46-33-45(36-21-9-3-10-22-36)53-52(54-46)37-23-11-4-12-24-37)32-44(35-19-7-2-8-20-35)49(43)55-47-27-15-13-25-39(47)41-29-30-42-40-26-14-16-28-48(40)56-51(42)50(41)55/h1,3-7,9-33H,2,8H2. The highest BCUT2D eigenvalue weighted by molar-refractivity contribution is 6.22. The number of para-hydroxylation sites is 2. The van der Waals surface area contributed by atoms with E-state index in [-0.39, 0.29) is 0 Å². The first-order chi connectivity index (χ1) is 27.8. The van der Waals surface area contributed by atoms with Gasteiger partial charge in [-0.3, -0.25) is 0 Å². The van der Waals surface area contributed by atoms with E-state index in [1.807, 2.05) is 30.3 Å². The third-order valence-corrected chi connectivity index (χ3v) is 11.0. The van der Waals surface area contributed by atoms with E-state index in [0.29, 0.717) is 5.82 Å². The SMILES string of the molecule is C1=CC(c2cc(-c3cc(-c4ccccc4)nc(-c4ccccc4)n3)cc(-c3ccccc3)c2-n2c3ccccc3c3ccc4c5ccccc5oc4c32)=CCC1. The van der Waals surface area contributed by atoms with E-state index >= 15 is 0 Å². The van der Waals surface area contributed by atoms with E-state index in [0.717, 1.165) is 102 Å². The molecule has 0 amide bonds. The van der Waals surface area contributed by atoms with Crippen molar-refractivity contribution in [1.82, 2.24) is 14.5 Å². The Hall–Kier alpha value is -7.30. The van der Waals surface area contributed by atoms with Crippen molar-refractivity contribution in [3.8, 4) is 50.7 Å². The van der Waals surface area contributed by atoms with Crippen LogP contribution in [0.3, 0.4) is 0 Å². The fourth-order valence-electron chi connectivity index (χ4n) is 8.43. The van der Waals surface area contributed by atoms with Crippen molar-refractivity contribution in [2.75, 3.05) is 0 Å². The van der Waals surface area contributed by atoms with Crippen molar-refractivity contribution in [3.63, 3.8) is 0 Å². The molecule has 3 heterocycles. The minimum absolute atomic E-state index is 0.695. The summed E-state index contributed by atoms with van der Waals surface area (Å²) < 4.78 is 9.29. The molecule has 1 aliphatic rings. The van der Waals surface area contributed by atoms with Crippen LogP contribution in [0.25, 0.3) is 100 Å². The van der Waals surface area contributed by atoms with E-state index in [9.17, 15) is 0 Å². The van der Waals surface area contributed by atoms with Crippen LogP contribution >= 0.6 is 0 Å². The zero-order valence-corrected chi connectivity index (χ0v) is 30.6. The molecule has 4 heteroatoms. The molecule has 0 unspecified atom stereocenters. The van der Waals surface area contributed by atoms with Crippen LogP contribution in [0.5, 0.6) is 0 Å². The molecule has 0 N–H and O–H groups in total. The number of hydrogen-bond donors (Lipinski definition) is 0. The number of hydrogen-bond acceptors (Lipinski definition) is 3. The molecule has 11 rings (SSSR count). The molecule has 0 fully saturated rings. The molecule has 0 spiro atoms. The molecule has 0 radical (unpaired) electrons. The van der Waals surface area contributed by atoms with Crippen LogP contribution in [0.4, 0.5) is 0 Å². The Morgan fingerprint density at radius 3 is 1.86 bits per heavy atom. The zero-order valence-electron chi connectivity index (χ0n) is 30.6. The summed E-state index contributed by atoms with van der Waals surface area (Å²) in [7, 11) is 0. The van der Waals surface area contributed by atoms with E-state index in [1.165, 1.54) is 11.0 Å². The Morgan fingerprint density at radius 1 is 0.482 bits per heavy atom. The number of benzene rings is 7. The monoisotopic (exact) mass is 717 g/mol. The second-order valence-corrected chi connectivity index (χ2v) is 14.4. The van der Waals surface area contributed by atoms with Gasteiger partial charge < -0.3 is 8.98 Å². The van der Waals surface area contributed by atoms with Gasteiger partial charge in [0, 0.05) is 49.4 Å². The first-order valence-corrected chi connectivity index (χ1v) is 19.2. The first kappa shape index (κ1) is 32.2. The molecule has 4 nitrogen and oxygen atoms in total. The zero-order chi connectivity index (χ0) is 37.0. The van der Waals surface area contributed by atoms with Crippen LogP contribution in [-0.2, 0) is 0 Å². The second kappa shape index (κ2) is 13.2. The van der Waals surface area contributed by atoms with Crippen LogP contribution in [0.1, 0.15) is 18.4 Å². The summed E-state index contributed by atoms with van der Waals surface area (Å²) in [6.07, 6.45) is 8.96. The van der Waals surface area contributed by atoms with Gasteiger partial charge in [-0.1, -0.05) is 152 Å². The van der Waals surface area contributed by atoms with Gasteiger partial charge in [-0.15, -0.1) is 0 Å². The Kier molecular flexibility index (Phi) is 7.59. The largest absolute Gasteiger partial charge is 0.454 e. The van der Waals surface area contributed by atoms with Crippen LogP contribution in [0.15, 0.2) is 193 Å². The van der Waals surface area contributed by atoms with Crippen molar-refractivity contribution >= 4 is 49.3 Å². The lowest BCUT2D eigenvalue weighted by Crippen LogP contribution is -2.05. The van der Waals surface area contributed by atoms with Gasteiger partial charge in [0.05, 0.1) is 28.1 Å². The third kappa shape index (κ3) is 5.30. The van der Waals surface area contributed by atoms with E-state index in [4.69, 9.17) is 14.4 Å². The fourth-order valence-corrected chi connectivity index (χ4v) is 8.43. The summed E-state index contributed by atoms with van der Waals surface area (Å²) in [6, 6.07) is 59.8. The highest BCUT2D eigenvalue weighted by Crippen LogP contribution is 2.46. The maximum Gasteiger partial charge on any atom is 0.160 e. The molecule has 3 aromatic heterocycles. The normalized spacial score (nSPS) is 12.9. The number of fused-ring (bicyclic) bond motifs is 7. The van der Waals surface area contributed by atoms with E-state index in [1.54, 1.807) is 0 Å². The summed E-state index contributed by atoms with van der Waals surface area (Å²) in [4.78, 5) is 10.4. The highest BCUT2D eigenvalue weighted by Gasteiger charge is 2.25. The molecule has 0 saturated heterocycles. The van der Waals surface area contributed by atoms with Gasteiger partial charge >= 0.3 is 0 Å². The summed E-state index contributed by atoms with van der Waals surface area (Å²) in [5, 5.41) is 4.56. The Morgan fingerprint density at radius 2 is 1.11 bits per heavy atom. The molecule has 10 aromatic rings. The second-order valence-electron chi connectivity index (χ2n) is 14.4. The van der Waals surface area contributed by atoms with Gasteiger partial charge in [0.15, 0.2) is 11.4 Å². The van der Waals surface area contributed by atoms with Crippen molar-refractivity contribution in [3.05, 3.63) is 194 Å². The maximum absolute atomic E-state index is 6.83. The summed E-state index contributed by atoms with van der Waals surface area (Å²) in [5.41, 5.74) is 14.4. The van der Waals surface area contributed by atoms with Crippen molar-refractivity contribution < 1.29 is 4.42 Å². The lowest BCUT2D eigenvalue weighted by Gasteiger charge is -2.22. The molecule has 0 atom stereocenters. The molecule has 56 heavy (non-hydrogen) atoms. The van der Waals surface area contributed by atoms with Crippen LogP contribution in [-0.4, -0.2) is 14.5 Å². The lowest BCUT2D eigenvalue weighted by molar-refractivity contribution is 0.671. The van der Waals surface area contributed by atoms with Crippen LogP contribution in [0, 0.1) is 0 Å². The number of rotatable bonds is 6. The predicted molar refractivity (Wildman–Crippen MR) is 232 cm³/mol. The molecular formula is C52H35N3O. The smallest absolute Gasteiger partial charge is 0.160 e. The van der Waals surface area contributed by atoms with Crippen LogP contribution < -0.4 is 0 Å². The Balaban J connectivity index is 1.28. The fraction of sp³-hybridized carbons (Fsp3) is 0.0385. The summed E-state index contributed by atoms with van der Waals surface area (Å²) >= 11 is 0. The molecular weight excluding hydrogens is 683 g/mol. The van der Waals surface area contributed by atoms with E-state index < -0.39 is 0 Å². The Labute approximate surface area is 324 Å². The molecule has 0 bridgehead atoms. The minimum Gasteiger partial charge on any atom is -0.454 e. The van der Waals surface area contributed by atoms with Crippen molar-refractivity contribution in [2.24, 2.45) is 0 Å². The van der Waals surface area contributed by atoms with Gasteiger partial charge in [-0.05, 0) is 60.4 Å². The number of furan rings is 1. The van der Waals surface area contributed by atoms with Crippen LogP contribution in [0.2, 0.25) is 0 Å². The lowest BCUT2D eigenvalue weighted by atomic mass is 9.89. The van der Waals surface area contributed by atoms with Crippen molar-refractivity contribution in [2.45, 2.75) is 12.8 Å². The predicted octanol–water partition coefficient (Wildman–Crippen LogP) is 13.9. The van der Waals surface area contributed by atoms with Gasteiger partial charge in [0.1, 0.15) is 5.58 Å². The Bertz CT molecular complexity index is 3110. The average Bonchev–Trinajstić information content (AvgIpc) is 3.83. The van der Waals surface area contributed by atoms with Gasteiger partial charge in [-0.2, -0.15) is 0 Å². The molecule has 0 saturated carbocycles. The third-order valence-electron chi connectivity index (χ3n) is 11.0. The minimum atomic E-state index is 0.695. The van der Waals surface area contributed by atoms with Gasteiger partial charge in [0.25, 0.3) is 0 Å². The maximum atomic E-state index is 6.83. The van der Waals surface area contributed by atoms with Crippen molar-refractivity contribution in [1.29, 1.82) is 0 Å². The molecule has 264 valence electrons. The average molecular weight is 718 g/mol. The summed E-state index contributed by atoms with van der Waals surface area (Å²) in [6.45, 7) is 0. The summed E-state index contributed by atoms with van der Waals surface area (Å²) in [5.74, 6) is 0.695. The number of nitrogens with zero attached hydrogens (tertiary/aromatic N) is 3.